The van der Waals surface area contributed by atoms with Crippen molar-refractivity contribution in [2.24, 2.45) is 0 Å². The van der Waals surface area contributed by atoms with Crippen LogP contribution in [-0.2, 0) is 10.9 Å². The Bertz CT molecular complexity index is 637. The van der Waals surface area contributed by atoms with Crippen LogP contribution in [0.1, 0.15) is 76.9 Å². The Kier molecular flexibility index (Phi) is 5.46. The van der Waals surface area contributed by atoms with Crippen LogP contribution in [0.2, 0.25) is 0 Å². The highest BCUT2D eigenvalue weighted by Crippen LogP contribution is 2.40. The molecule has 0 saturated heterocycles. The van der Waals surface area contributed by atoms with Gasteiger partial charge in [-0.3, -0.25) is 4.98 Å². The molecule has 0 aliphatic heterocycles. The summed E-state index contributed by atoms with van der Waals surface area (Å²) in [6, 6.07) is 0. The van der Waals surface area contributed by atoms with E-state index in [9.17, 15) is 27.9 Å². The van der Waals surface area contributed by atoms with Crippen LogP contribution in [0.3, 0.4) is 0 Å². The number of aromatic nitrogens is 1. The van der Waals surface area contributed by atoms with Crippen molar-refractivity contribution in [3.63, 3.8) is 0 Å². The van der Waals surface area contributed by atoms with Gasteiger partial charge in [0.25, 0.3) is 0 Å². The zero-order chi connectivity index (χ0) is 17.9. The van der Waals surface area contributed by atoms with Crippen molar-refractivity contribution in [1.82, 2.24) is 4.98 Å². The predicted octanol–water partition coefficient (Wildman–Crippen LogP) is 4.02. The Balaban J connectivity index is 2.73. The van der Waals surface area contributed by atoms with Gasteiger partial charge in [0.2, 0.25) is 0 Å². The first-order valence-electron chi connectivity index (χ1n) is 7.77. The third kappa shape index (κ3) is 3.68. The minimum atomic E-state index is -4.87. The van der Waals surface area contributed by atoms with Crippen molar-refractivity contribution < 1.29 is 32.6 Å². The Hall–Kier alpha value is -2.12. The SMILES string of the molecule is CCOC(=O)c1c(C(F)(F)F)ncc(C(=O)O)c1C1CCCCC1. The Morgan fingerprint density at radius 3 is 2.42 bits per heavy atom. The van der Waals surface area contributed by atoms with Crippen molar-refractivity contribution in [3.8, 4) is 0 Å². The van der Waals surface area contributed by atoms with Crippen LogP contribution in [0, 0.1) is 0 Å². The van der Waals surface area contributed by atoms with Crippen LogP contribution in [-0.4, -0.2) is 28.6 Å². The van der Waals surface area contributed by atoms with Crippen molar-refractivity contribution in [2.75, 3.05) is 6.61 Å². The number of alkyl halides is 3. The number of halogens is 3. The Labute approximate surface area is 136 Å². The van der Waals surface area contributed by atoms with Crippen molar-refractivity contribution in [2.45, 2.75) is 51.1 Å². The fourth-order valence-corrected chi connectivity index (χ4v) is 3.14. The maximum absolute atomic E-state index is 13.3. The molecule has 0 amide bonds. The molecule has 0 radical (unpaired) electrons. The number of rotatable bonds is 4. The molecule has 1 aliphatic carbocycles. The van der Waals surface area contributed by atoms with E-state index < -0.39 is 35.3 Å². The zero-order valence-electron chi connectivity index (χ0n) is 13.2. The maximum atomic E-state index is 13.3. The first kappa shape index (κ1) is 18.2. The first-order chi connectivity index (χ1) is 11.3. The molecular weight excluding hydrogens is 327 g/mol. The van der Waals surface area contributed by atoms with Gasteiger partial charge in [-0.15, -0.1) is 0 Å². The molecule has 24 heavy (non-hydrogen) atoms. The number of pyridine rings is 1. The predicted molar refractivity (Wildman–Crippen MR) is 78.0 cm³/mol. The van der Waals surface area contributed by atoms with E-state index in [2.05, 4.69) is 4.98 Å². The molecule has 1 N–H and O–H groups in total. The number of carbonyl (C=O) groups is 2. The Morgan fingerprint density at radius 1 is 1.29 bits per heavy atom. The molecule has 5 nitrogen and oxygen atoms in total. The van der Waals surface area contributed by atoms with E-state index in [0.29, 0.717) is 19.0 Å². The van der Waals surface area contributed by atoms with Gasteiger partial charge in [-0.1, -0.05) is 19.3 Å². The maximum Gasteiger partial charge on any atom is 0.434 e. The van der Waals surface area contributed by atoms with Gasteiger partial charge in [0, 0.05) is 6.20 Å². The van der Waals surface area contributed by atoms with Gasteiger partial charge in [-0.2, -0.15) is 13.2 Å². The van der Waals surface area contributed by atoms with E-state index in [1.54, 1.807) is 0 Å². The second-order valence-corrected chi connectivity index (χ2v) is 5.67. The monoisotopic (exact) mass is 345 g/mol. The van der Waals surface area contributed by atoms with E-state index in [1.807, 2.05) is 0 Å². The van der Waals surface area contributed by atoms with Gasteiger partial charge in [0.1, 0.15) is 0 Å². The van der Waals surface area contributed by atoms with Gasteiger partial charge < -0.3 is 9.84 Å². The third-order valence-electron chi connectivity index (χ3n) is 4.11. The number of carbonyl (C=O) groups excluding carboxylic acids is 1. The minimum Gasteiger partial charge on any atom is -0.478 e. The van der Waals surface area contributed by atoms with Crippen LogP contribution in [0.25, 0.3) is 0 Å². The molecule has 0 unspecified atom stereocenters. The number of ether oxygens (including phenoxy) is 1. The van der Waals surface area contributed by atoms with Crippen LogP contribution in [0.15, 0.2) is 6.20 Å². The van der Waals surface area contributed by atoms with Crippen LogP contribution in [0.5, 0.6) is 0 Å². The smallest absolute Gasteiger partial charge is 0.434 e. The fourth-order valence-electron chi connectivity index (χ4n) is 3.14. The lowest BCUT2D eigenvalue weighted by molar-refractivity contribution is -0.141. The highest BCUT2D eigenvalue weighted by molar-refractivity contribution is 5.98. The van der Waals surface area contributed by atoms with E-state index >= 15 is 0 Å². The van der Waals surface area contributed by atoms with Gasteiger partial charge in [-0.25, -0.2) is 9.59 Å². The number of aromatic carboxylic acids is 1. The molecule has 8 heteroatoms. The quantitative estimate of drug-likeness (QED) is 0.834. The third-order valence-corrected chi connectivity index (χ3v) is 4.11. The summed E-state index contributed by atoms with van der Waals surface area (Å²) in [5.74, 6) is -3.00. The van der Waals surface area contributed by atoms with Crippen LogP contribution >= 0.6 is 0 Å². The molecule has 0 spiro atoms. The van der Waals surface area contributed by atoms with Crippen molar-refractivity contribution in [3.05, 3.63) is 28.6 Å². The lowest BCUT2D eigenvalue weighted by Crippen LogP contribution is -2.24. The van der Waals surface area contributed by atoms with Crippen LogP contribution < -0.4 is 0 Å². The highest BCUT2D eigenvalue weighted by Gasteiger charge is 2.41. The summed E-state index contributed by atoms with van der Waals surface area (Å²) >= 11 is 0. The fraction of sp³-hybridized carbons (Fsp3) is 0.562. The first-order valence-corrected chi connectivity index (χ1v) is 7.77. The summed E-state index contributed by atoms with van der Waals surface area (Å²) < 4.78 is 44.7. The van der Waals surface area contributed by atoms with Crippen molar-refractivity contribution >= 4 is 11.9 Å². The topological polar surface area (TPSA) is 76.5 Å². The molecule has 1 fully saturated rings. The molecule has 1 heterocycles. The lowest BCUT2D eigenvalue weighted by Gasteiger charge is -2.26. The van der Waals surface area contributed by atoms with Crippen LogP contribution in [0.4, 0.5) is 13.2 Å². The average molecular weight is 345 g/mol. The molecule has 2 rings (SSSR count). The molecular formula is C16H18F3NO4. The second-order valence-electron chi connectivity index (χ2n) is 5.67. The summed E-state index contributed by atoms with van der Waals surface area (Å²) in [6.45, 7) is 1.36. The zero-order valence-corrected chi connectivity index (χ0v) is 13.2. The normalized spacial score (nSPS) is 16.0. The van der Waals surface area contributed by atoms with E-state index in [4.69, 9.17) is 4.74 Å². The number of esters is 1. The number of hydrogen-bond acceptors (Lipinski definition) is 4. The van der Waals surface area contributed by atoms with Crippen molar-refractivity contribution in [1.29, 1.82) is 0 Å². The summed E-state index contributed by atoms with van der Waals surface area (Å²) in [5.41, 5.74) is -2.59. The molecule has 1 aromatic rings. The average Bonchev–Trinajstić information content (AvgIpc) is 2.53. The van der Waals surface area contributed by atoms with Gasteiger partial charge in [0.15, 0.2) is 5.69 Å². The molecule has 0 aromatic carbocycles. The standard InChI is InChI=1S/C16H18F3NO4/c1-2-24-15(23)12-11(9-6-4-3-5-7-9)10(14(21)22)8-20-13(12)16(17,18)19/h8-9H,2-7H2,1H3,(H,21,22). The highest BCUT2D eigenvalue weighted by atomic mass is 19.4. The summed E-state index contributed by atoms with van der Waals surface area (Å²) in [6.07, 6.45) is -0.626. The molecule has 1 aliphatic rings. The second kappa shape index (κ2) is 7.19. The molecule has 0 atom stereocenters. The van der Waals surface area contributed by atoms with E-state index in [1.165, 1.54) is 6.92 Å². The number of hydrogen-bond donors (Lipinski definition) is 1. The number of carboxylic acids is 1. The number of carboxylic acid groups (broad SMARTS) is 1. The molecule has 1 saturated carbocycles. The summed E-state index contributed by atoms with van der Waals surface area (Å²) in [5, 5.41) is 9.35. The van der Waals surface area contributed by atoms with E-state index in [-0.39, 0.29) is 17.7 Å². The number of nitrogens with zero attached hydrogens (tertiary/aromatic N) is 1. The Morgan fingerprint density at radius 2 is 1.92 bits per heavy atom. The molecule has 0 bridgehead atoms. The van der Waals surface area contributed by atoms with Gasteiger partial charge >= 0.3 is 18.1 Å². The lowest BCUT2D eigenvalue weighted by atomic mass is 9.80. The molecule has 1 aromatic heterocycles. The van der Waals surface area contributed by atoms with Gasteiger partial charge in [-0.05, 0) is 31.2 Å². The van der Waals surface area contributed by atoms with Gasteiger partial charge in [0.05, 0.1) is 17.7 Å². The largest absolute Gasteiger partial charge is 0.478 e. The summed E-state index contributed by atoms with van der Waals surface area (Å²) in [4.78, 5) is 26.9. The minimum absolute atomic E-state index is 0.0945. The molecule has 132 valence electrons. The van der Waals surface area contributed by atoms with E-state index in [0.717, 1.165) is 19.3 Å². The summed E-state index contributed by atoms with van der Waals surface area (Å²) in [7, 11) is 0.